The van der Waals surface area contributed by atoms with Crippen molar-refractivity contribution in [3.63, 3.8) is 0 Å². The van der Waals surface area contributed by atoms with Crippen molar-refractivity contribution in [2.24, 2.45) is 0 Å². The second kappa shape index (κ2) is 5.50. The highest BCUT2D eigenvalue weighted by Crippen LogP contribution is 2.24. The van der Waals surface area contributed by atoms with Gasteiger partial charge < -0.3 is 15.0 Å². The van der Waals surface area contributed by atoms with E-state index in [-0.39, 0.29) is 18.2 Å². The van der Waals surface area contributed by atoms with E-state index in [2.05, 4.69) is 5.32 Å². The standard InChI is InChI=1S/C16H13ClN2O2/c17-14-5-2-6-15-13(14)7-8-19(15)10-16(21)18-11-3-1-4-12(20)9-11/h1-9,20H,10H2,(H,18,21). The number of aromatic nitrogens is 1. The van der Waals surface area contributed by atoms with Gasteiger partial charge in [-0.05, 0) is 30.3 Å². The van der Waals surface area contributed by atoms with Gasteiger partial charge in [-0.1, -0.05) is 23.7 Å². The lowest BCUT2D eigenvalue weighted by Gasteiger charge is -2.08. The average molecular weight is 301 g/mol. The fourth-order valence-corrected chi connectivity index (χ4v) is 2.50. The first-order chi connectivity index (χ1) is 10.1. The van der Waals surface area contributed by atoms with Gasteiger partial charge in [-0.15, -0.1) is 0 Å². The molecule has 2 N–H and O–H groups in total. The Labute approximate surface area is 126 Å². The second-order valence-electron chi connectivity index (χ2n) is 4.71. The maximum Gasteiger partial charge on any atom is 0.244 e. The van der Waals surface area contributed by atoms with Crippen LogP contribution in [-0.2, 0) is 11.3 Å². The molecule has 0 fully saturated rings. The largest absolute Gasteiger partial charge is 0.508 e. The molecule has 1 amide bonds. The van der Waals surface area contributed by atoms with Crippen molar-refractivity contribution in [1.82, 2.24) is 4.57 Å². The van der Waals surface area contributed by atoms with Gasteiger partial charge in [0, 0.05) is 33.9 Å². The van der Waals surface area contributed by atoms with Crippen molar-refractivity contribution < 1.29 is 9.90 Å². The van der Waals surface area contributed by atoms with Crippen molar-refractivity contribution in [3.05, 3.63) is 59.8 Å². The number of fused-ring (bicyclic) bond motifs is 1. The molecular formula is C16H13ClN2O2. The van der Waals surface area contributed by atoms with E-state index in [9.17, 15) is 9.90 Å². The summed E-state index contributed by atoms with van der Waals surface area (Å²) in [4.78, 5) is 12.1. The Balaban J connectivity index is 1.79. The molecule has 0 aliphatic heterocycles. The third-order valence-corrected chi connectivity index (χ3v) is 3.53. The summed E-state index contributed by atoms with van der Waals surface area (Å²) >= 11 is 6.11. The number of phenols is 1. The number of hydrogen-bond acceptors (Lipinski definition) is 2. The van der Waals surface area contributed by atoms with Crippen molar-refractivity contribution in [1.29, 1.82) is 0 Å². The van der Waals surface area contributed by atoms with Crippen LogP contribution < -0.4 is 5.32 Å². The molecular weight excluding hydrogens is 288 g/mol. The Morgan fingerprint density at radius 1 is 1.19 bits per heavy atom. The van der Waals surface area contributed by atoms with E-state index in [1.165, 1.54) is 6.07 Å². The van der Waals surface area contributed by atoms with Crippen molar-refractivity contribution in [2.75, 3.05) is 5.32 Å². The lowest BCUT2D eigenvalue weighted by atomic mass is 10.2. The van der Waals surface area contributed by atoms with E-state index in [0.29, 0.717) is 10.7 Å². The van der Waals surface area contributed by atoms with Gasteiger partial charge in [-0.25, -0.2) is 0 Å². The molecule has 5 heteroatoms. The Morgan fingerprint density at radius 3 is 2.81 bits per heavy atom. The van der Waals surface area contributed by atoms with Crippen LogP contribution in [0, 0.1) is 0 Å². The topological polar surface area (TPSA) is 54.3 Å². The van der Waals surface area contributed by atoms with E-state index < -0.39 is 0 Å². The number of phenolic OH excluding ortho intramolecular Hbond substituents is 1. The van der Waals surface area contributed by atoms with Crippen LogP contribution in [0.15, 0.2) is 54.7 Å². The highest BCUT2D eigenvalue weighted by molar-refractivity contribution is 6.35. The van der Waals surface area contributed by atoms with E-state index in [4.69, 9.17) is 11.6 Å². The first-order valence-corrected chi connectivity index (χ1v) is 6.83. The molecule has 2 aromatic carbocycles. The Bertz CT molecular complexity index is 811. The van der Waals surface area contributed by atoms with Crippen LogP contribution in [-0.4, -0.2) is 15.6 Å². The number of amides is 1. The van der Waals surface area contributed by atoms with E-state index in [0.717, 1.165) is 10.9 Å². The summed E-state index contributed by atoms with van der Waals surface area (Å²) in [6, 6.07) is 13.9. The monoisotopic (exact) mass is 300 g/mol. The molecule has 1 heterocycles. The number of aromatic hydroxyl groups is 1. The lowest BCUT2D eigenvalue weighted by molar-refractivity contribution is -0.116. The van der Waals surface area contributed by atoms with Gasteiger partial charge in [0.1, 0.15) is 12.3 Å². The summed E-state index contributed by atoms with van der Waals surface area (Å²) in [5.41, 5.74) is 1.48. The van der Waals surface area contributed by atoms with E-state index >= 15 is 0 Å². The van der Waals surface area contributed by atoms with Gasteiger partial charge in [0.15, 0.2) is 0 Å². The first-order valence-electron chi connectivity index (χ1n) is 6.46. The molecule has 4 nitrogen and oxygen atoms in total. The maximum absolute atomic E-state index is 12.1. The molecule has 0 bridgehead atoms. The minimum atomic E-state index is -0.168. The van der Waals surface area contributed by atoms with Gasteiger partial charge in [0.25, 0.3) is 0 Å². The Morgan fingerprint density at radius 2 is 2.00 bits per heavy atom. The molecule has 0 saturated carbocycles. The fraction of sp³-hybridized carbons (Fsp3) is 0.0625. The summed E-state index contributed by atoms with van der Waals surface area (Å²) in [6.45, 7) is 0.180. The summed E-state index contributed by atoms with van der Waals surface area (Å²) in [6.07, 6.45) is 1.83. The predicted molar refractivity (Wildman–Crippen MR) is 83.7 cm³/mol. The number of anilines is 1. The third-order valence-electron chi connectivity index (χ3n) is 3.20. The number of carbonyl (C=O) groups excluding carboxylic acids is 1. The number of carbonyl (C=O) groups is 1. The number of halogens is 1. The van der Waals surface area contributed by atoms with Crippen LogP contribution in [0.4, 0.5) is 5.69 Å². The SMILES string of the molecule is O=C(Cn1ccc2c(Cl)cccc21)Nc1cccc(O)c1. The van der Waals surface area contributed by atoms with E-state index in [1.54, 1.807) is 18.2 Å². The van der Waals surface area contributed by atoms with Gasteiger partial charge in [0.2, 0.25) is 5.91 Å². The molecule has 0 radical (unpaired) electrons. The molecule has 0 spiro atoms. The first kappa shape index (κ1) is 13.5. The zero-order valence-electron chi connectivity index (χ0n) is 11.1. The number of rotatable bonds is 3. The smallest absolute Gasteiger partial charge is 0.244 e. The summed E-state index contributed by atoms with van der Waals surface area (Å²) in [5, 5.41) is 13.7. The summed E-state index contributed by atoms with van der Waals surface area (Å²) in [5.74, 6) is -0.0518. The zero-order valence-corrected chi connectivity index (χ0v) is 11.8. The van der Waals surface area contributed by atoms with Gasteiger partial charge >= 0.3 is 0 Å². The van der Waals surface area contributed by atoms with Gasteiger partial charge in [0.05, 0.1) is 0 Å². The Hall–Kier alpha value is -2.46. The highest BCUT2D eigenvalue weighted by atomic mass is 35.5. The molecule has 0 aliphatic rings. The van der Waals surface area contributed by atoms with Crippen molar-refractivity contribution >= 4 is 34.1 Å². The number of hydrogen-bond donors (Lipinski definition) is 2. The van der Waals surface area contributed by atoms with Crippen LogP contribution in [0.2, 0.25) is 5.02 Å². The number of nitrogens with one attached hydrogen (secondary N) is 1. The molecule has 1 aromatic heterocycles. The highest BCUT2D eigenvalue weighted by Gasteiger charge is 2.08. The average Bonchev–Trinajstić information content (AvgIpc) is 2.83. The molecule has 0 aliphatic carbocycles. The van der Waals surface area contributed by atoms with Crippen LogP contribution in [0.3, 0.4) is 0 Å². The number of benzene rings is 2. The van der Waals surface area contributed by atoms with Crippen LogP contribution >= 0.6 is 11.6 Å². The molecule has 3 aromatic rings. The third kappa shape index (κ3) is 2.85. The predicted octanol–water partition coefficient (Wildman–Crippen LogP) is 3.64. The summed E-state index contributed by atoms with van der Waals surface area (Å²) < 4.78 is 1.83. The molecule has 21 heavy (non-hydrogen) atoms. The van der Waals surface area contributed by atoms with Crippen molar-refractivity contribution in [3.8, 4) is 5.75 Å². The van der Waals surface area contributed by atoms with Gasteiger partial charge in [-0.2, -0.15) is 0 Å². The number of nitrogens with zero attached hydrogens (tertiary/aromatic N) is 1. The molecule has 0 atom stereocenters. The maximum atomic E-state index is 12.1. The van der Waals surface area contributed by atoms with Crippen LogP contribution in [0.25, 0.3) is 10.9 Å². The molecule has 0 unspecified atom stereocenters. The summed E-state index contributed by atoms with van der Waals surface area (Å²) in [7, 11) is 0. The minimum absolute atomic E-state index is 0.117. The van der Waals surface area contributed by atoms with E-state index in [1.807, 2.05) is 35.0 Å². The molecule has 3 rings (SSSR count). The van der Waals surface area contributed by atoms with Crippen LogP contribution in [0.5, 0.6) is 5.75 Å². The van der Waals surface area contributed by atoms with Crippen LogP contribution in [0.1, 0.15) is 0 Å². The minimum Gasteiger partial charge on any atom is -0.508 e. The Kier molecular flexibility index (Phi) is 3.54. The van der Waals surface area contributed by atoms with Gasteiger partial charge in [-0.3, -0.25) is 4.79 Å². The quantitative estimate of drug-likeness (QED) is 0.776. The van der Waals surface area contributed by atoms with Crippen molar-refractivity contribution in [2.45, 2.75) is 6.54 Å². The molecule has 0 saturated heterocycles. The fourth-order valence-electron chi connectivity index (χ4n) is 2.26. The molecule has 106 valence electrons. The zero-order chi connectivity index (χ0) is 14.8. The normalized spacial score (nSPS) is 10.7. The second-order valence-corrected chi connectivity index (χ2v) is 5.12. The lowest BCUT2D eigenvalue weighted by Crippen LogP contribution is -2.18.